The summed E-state index contributed by atoms with van der Waals surface area (Å²) < 4.78 is 4.25. The molecule has 0 spiro atoms. The Labute approximate surface area is 72.5 Å². The van der Waals surface area contributed by atoms with Gasteiger partial charge in [0.15, 0.2) is 0 Å². The van der Waals surface area contributed by atoms with Crippen molar-refractivity contribution in [3.05, 3.63) is 12.2 Å². The Morgan fingerprint density at radius 2 is 1.09 bits per heavy atom. The van der Waals surface area contributed by atoms with E-state index < -0.39 is 0 Å². The van der Waals surface area contributed by atoms with Gasteiger partial charge in [-0.1, -0.05) is 26.3 Å². The number of hydrogen-bond donors (Lipinski definition) is 0. The van der Waals surface area contributed by atoms with Gasteiger partial charge in [-0.15, -0.1) is 6.58 Å². The number of hydrogen-bond acceptors (Lipinski definition) is 1. The minimum absolute atomic E-state index is 0.833. The lowest BCUT2D eigenvalue weighted by Gasteiger charge is -1.79. The summed E-state index contributed by atoms with van der Waals surface area (Å²) in [6.07, 6.45) is 0. The van der Waals surface area contributed by atoms with Gasteiger partial charge in [0.25, 0.3) is 0 Å². The molecule has 0 aromatic rings. The Hall–Kier alpha value is -0.300. The molecule has 0 saturated carbocycles. The van der Waals surface area contributed by atoms with Crippen molar-refractivity contribution in [1.29, 1.82) is 0 Å². The molecule has 0 fully saturated rings. The summed E-state index contributed by atoms with van der Waals surface area (Å²) in [5, 5.41) is 0. The van der Waals surface area contributed by atoms with Crippen molar-refractivity contribution in [2.45, 2.75) is 34.6 Å². The van der Waals surface area contributed by atoms with Crippen LogP contribution in [0, 0.1) is 5.92 Å². The van der Waals surface area contributed by atoms with Crippen LogP contribution in [0.1, 0.15) is 34.6 Å². The first-order chi connectivity index (χ1) is 4.88. The van der Waals surface area contributed by atoms with E-state index in [1.54, 1.807) is 14.2 Å². The van der Waals surface area contributed by atoms with Crippen molar-refractivity contribution >= 4 is 0 Å². The van der Waals surface area contributed by atoms with Crippen molar-refractivity contribution < 1.29 is 4.74 Å². The van der Waals surface area contributed by atoms with Gasteiger partial charge in [0.1, 0.15) is 0 Å². The SMILES string of the molecule is C=C(C)C.CC(C)C.COC. The number of ether oxygens (including phenoxy) is 1. The molecule has 1 heteroatoms. The normalized spacial score (nSPS) is 7.27. The summed E-state index contributed by atoms with van der Waals surface area (Å²) in [6, 6.07) is 0. The van der Waals surface area contributed by atoms with Crippen LogP contribution in [0.25, 0.3) is 0 Å². The van der Waals surface area contributed by atoms with Crippen molar-refractivity contribution in [2.24, 2.45) is 5.92 Å². The summed E-state index contributed by atoms with van der Waals surface area (Å²) in [7, 11) is 3.25. The van der Waals surface area contributed by atoms with Gasteiger partial charge in [-0.25, -0.2) is 0 Å². The fraction of sp³-hybridized carbons (Fsp3) is 0.800. The highest BCUT2D eigenvalue weighted by molar-refractivity contribution is 4.78. The summed E-state index contributed by atoms with van der Waals surface area (Å²) in [6.45, 7) is 14.0. The van der Waals surface area contributed by atoms with Crippen molar-refractivity contribution in [3.63, 3.8) is 0 Å². The van der Waals surface area contributed by atoms with Crippen molar-refractivity contribution in [2.75, 3.05) is 14.2 Å². The molecule has 0 aliphatic rings. The molecule has 0 aromatic carbocycles. The number of methoxy groups -OCH3 is 1. The maximum Gasteiger partial charge on any atom is 0.0351 e. The summed E-state index contributed by atoms with van der Waals surface area (Å²) >= 11 is 0. The minimum Gasteiger partial charge on any atom is -0.388 e. The molecule has 0 amide bonds. The molecule has 0 aromatic heterocycles. The Bertz CT molecular complexity index is 58.5. The fourth-order valence-corrected chi connectivity index (χ4v) is 0. The largest absolute Gasteiger partial charge is 0.388 e. The smallest absolute Gasteiger partial charge is 0.0351 e. The maximum atomic E-state index is 4.25. The molecule has 0 atom stereocenters. The van der Waals surface area contributed by atoms with E-state index in [0.717, 1.165) is 5.92 Å². The standard InChI is InChI=1S/C4H10.C4H8.C2H6O/c2*1-4(2)3;1-3-2/h4H,1-3H3;1H2,2-3H3;1-2H3. The van der Waals surface area contributed by atoms with Crippen LogP contribution in [0.2, 0.25) is 0 Å². The van der Waals surface area contributed by atoms with Crippen molar-refractivity contribution in [3.8, 4) is 0 Å². The van der Waals surface area contributed by atoms with Crippen LogP contribution in [0.15, 0.2) is 12.2 Å². The quantitative estimate of drug-likeness (QED) is 0.493. The summed E-state index contributed by atoms with van der Waals surface area (Å²) in [5.41, 5.74) is 1.17. The molecule has 11 heavy (non-hydrogen) atoms. The highest BCUT2D eigenvalue weighted by atomic mass is 16.4. The molecule has 0 heterocycles. The average molecular weight is 160 g/mol. The van der Waals surface area contributed by atoms with Crippen LogP contribution < -0.4 is 0 Å². The van der Waals surface area contributed by atoms with Crippen molar-refractivity contribution in [1.82, 2.24) is 0 Å². The van der Waals surface area contributed by atoms with Gasteiger partial charge >= 0.3 is 0 Å². The van der Waals surface area contributed by atoms with E-state index in [9.17, 15) is 0 Å². The second-order valence-corrected chi connectivity index (χ2v) is 3.35. The lowest BCUT2D eigenvalue weighted by molar-refractivity contribution is 0.277. The molecular formula is C10H24O. The third kappa shape index (κ3) is 6390. The van der Waals surface area contributed by atoms with Gasteiger partial charge in [-0.05, 0) is 19.8 Å². The van der Waals surface area contributed by atoms with E-state index in [4.69, 9.17) is 0 Å². The Morgan fingerprint density at radius 1 is 1.09 bits per heavy atom. The van der Waals surface area contributed by atoms with Gasteiger partial charge < -0.3 is 4.74 Å². The van der Waals surface area contributed by atoms with E-state index in [1.165, 1.54) is 5.57 Å². The number of rotatable bonds is 0. The zero-order valence-electron chi connectivity index (χ0n) is 9.19. The van der Waals surface area contributed by atoms with Crippen LogP contribution in [-0.2, 0) is 4.74 Å². The zero-order valence-corrected chi connectivity index (χ0v) is 9.19. The summed E-state index contributed by atoms with van der Waals surface area (Å²) in [5.74, 6) is 0.833. The third-order valence-corrected chi connectivity index (χ3v) is 0. The van der Waals surface area contributed by atoms with Crippen LogP contribution in [0.4, 0.5) is 0 Å². The topological polar surface area (TPSA) is 9.23 Å². The predicted octanol–water partition coefficient (Wildman–Crippen LogP) is 3.51. The van der Waals surface area contributed by atoms with E-state index in [0.29, 0.717) is 0 Å². The molecule has 0 radical (unpaired) electrons. The second kappa shape index (κ2) is 16.4. The van der Waals surface area contributed by atoms with Crippen LogP contribution >= 0.6 is 0 Å². The first-order valence-corrected chi connectivity index (χ1v) is 3.90. The van der Waals surface area contributed by atoms with Gasteiger partial charge in [0.2, 0.25) is 0 Å². The molecule has 0 unspecified atom stereocenters. The molecule has 0 aliphatic carbocycles. The maximum absolute atomic E-state index is 4.25. The van der Waals surface area contributed by atoms with Gasteiger partial charge in [-0.3, -0.25) is 0 Å². The lowest BCUT2D eigenvalue weighted by atomic mass is 10.3. The van der Waals surface area contributed by atoms with E-state index in [-0.39, 0.29) is 0 Å². The molecule has 0 N–H and O–H groups in total. The first kappa shape index (κ1) is 17.0. The van der Waals surface area contributed by atoms with Gasteiger partial charge in [0, 0.05) is 14.2 Å². The highest BCUT2D eigenvalue weighted by Crippen LogP contribution is 1.81. The third-order valence-electron chi connectivity index (χ3n) is 0. The minimum atomic E-state index is 0.833. The summed E-state index contributed by atoms with van der Waals surface area (Å²) in [4.78, 5) is 0. The predicted molar refractivity (Wildman–Crippen MR) is 53.9 cm³/mol. The van der Waals surface area contributed by atoms with Gasteiger partial charge in [-0.2, -0.15) is 0 Å². The Kier molecular flexibility index (Phi) is 25.2. The molecule has 0 bridgehead atoms. The Balaban J connectivity index is -0.0000000886. The van der Waals surface area contributed by atoms with Gasteiger partial charge in [0.05, 0.1) is 0 Å². The fourth-order valence-electron chi connectivity index (χ4n) is 0. The molecule has 0 aliphatic heterocycles. The molecular weight excluding hydrogens is 136 g/mol. The van der Waals surface area contributed by atoms with E-state index in [2.05, 4.69) is 32.1 Å². The van der Waals surface area contributed by atoms with Crippen LogP contribution in [-0.4, -0.2) is 14.2 Å². The molecule has 1 nitrogen and oxygen atoms in total. The second-order valence-electron chi connectivity index (χ2n) is 3.35. The van der Waals surface area contributed by atoms with E-state index >= 15 is 0 Å². The number of allylic oxidation sites excluding steroid dienone is 1. The van der Waals surface area contributed by atoms with Crippen LogP contribution in [0.3, 0.4) is 0 Å². The molecule has 0 rings (SSSR count). The highest BCUT2D eigenvalue weighted by Gasteiger charge is 1.68. The lowest BCUT2D eigenvalue weighted by Crippen LogP contribution is -1.66. The first-order valence-electron chi connectivity index (χ1n) is 3.90. The zero-order chi connectivity index (χ0) is 9.86. The Morgan fingerprint density at radius 3 is 1.09 bits per heavy atom. The molecule has 0 saturated heterocycles. The monoisotopic (exact) mass is 160 g/mol. The van der Waals surface area contributed by atoms with E-state index in [1.807, 2.05) is 13.8 Å². The molecule has 70 valence electrons. The van der Waals surface area contributed by atoms with Crippen LogP contribution in [0.5, 0.6) is 0 Å². The average Bonchev–Trinajstić information content (AvgIpc) is 1.60.